The minimum atomic E-state index is -0.654. The molecule has 0 bridgehead atoms. The number of nitrogens with one attached hydrogen (secondary N) is 1. The molecule has 0 saturated heterocycles. The summed E-state index contributed by atoms with van der Waals surface area (Å²) >= 11 is 0. The van der Waals surface area contributed by atoms with Gasteiger partial charge in [0.15, 0.2) is 11.5 Å². The van der Waals surface area contributed by atoms with Crippen LogP contribution in [0.5, 0.6) is 17.2 Å². The van der Waals surface area contributed by atoms with Gasteiger partial charge in [-0.15, -0.1) is 0 Å². The second-order valence-electron chi connectivity index (χ2n) is 6.10. The molecule has 2 aromatic carbocycles. The second kappa shape index (κ2) is 8.44. The first-order valence-corrected chi connectivity index (χ1v) is 8.63. The number of hydrogen-bond acceptors (Lipinski definition) is 5. The molecule has 2 amide bonds. The Hall–Kier alpha value is -3.22. The van der Waals surface area contributed by atoms with Crippen molar-refractivity contribution in [1.82, 2.24) is 10.2 Å². The van der Waals surface area contributed by atoms with Gasteiger partial charge in [0.1, 0.15) is 12.3 Å². The predicted octanol–water partition coefficient (Wildman–Crippen LogP) is 2.38. The van der Waals surface area contributed by atoms with E-state index in [1.165, 1.54) is 0 Å². The SMILES string of the molecule is COc1cc2c(cc1OC)CN(C(=O)CNC(=O)Oc1ccccc1)CC2. The van der Waals surface area contributed by atoms with Crippen molar-refractivity contribution in [2.45, 2.75) is 13.0 Å². The topological polar surface area (TPSA) is 77.1 Å². The van der Waals surface area contributed by atoms with Crippen molar-refractivity contribution in [2.75, 3.05) is 27.3 Å². The summed E-state index contributed by atoms with van der Waals surface area (Å²) in [5, 5.41) is 2.50. The van der Waals surface area contributed by atoms with Crippen molar-refractivity contribution >= 4 is 12.0 Å². The highest BCUT2D eigenvalue weighted by molar-refractivity contribution is 5.83. The van der Waals surface area contributed by atoms with Gasteiger partial charge in [0, 0.05) is 13.1 Å². The minimum Gasteiger partial charge on any atom is -0.493 e. The Labute approximate surface area is 157 Å². The average molecular weight is 370 g/mol. The monoisotopic (exact) mass is 370 g/mol. The van der Waals surface area contributed by atoms with E-state index in [1.807, 2.05) is 18.2 Å². The number of carbonyl (C=O) groups is 2. The number of carbonyl (C=O) groups excluding carboxylic acids is 2. The van der Waals surface area contributed by atoms with Crippen molar-refractivity contribution in [1.29, 1.82) is 0 Å². The Morgan fingerprint density at radius 2 is 1.70 bits per heavy atom. The molecule has 0 atom stereocenters. The number of fused-ring (bicyclic) bond motifs is 1. The van der Waals surface area contributed by atoms with Crippen LogP contribution in [0.25, 0.3) is 0 Å². The van der Waals surface area contributed by atoms with E-state index >= 15 is 0 Å². The third-order valence-corrected chi connectivity index (χ3v) is 4.41. The maximum atomic E-state index is 12.4. The van der Waals surface area contributed by atoms with E-state index < -0.39 is 6.09 Å². The molecule has 0 aliphatic carbocycles. The zero-order chi connectivity index (χ0) is 19.2. The van der Waals surface area contributed by atoms with Crippen LogP contribution >= 0.6 is 0 Å². The fraction of sp³-hybridized carbons (Fsp3) is 0.300. The lowest BCUT2D eigenvalue weighted by molar-refractivity contribution is -0.131. The molecular weight excluding hydrogens is 348 g/mol. The zero-order valence-corrected chi connectivity index (χ0v) is 15.4. The van der Waals surface area contributed by atoms with Crippen molar-refractivity contribution in [3.63, 3.8) is 0 Å². The molecule has 0 spiro atoms. The molecule has 0 fully saturated rings. The third kappa shape index (κ3) is 4.49. The van der Waals surface area contributed by atoms with Crippen molar-refractivity contribution in [2.24, 2.45) is 0 Å². The van der Waals surface area contributed by atoms with E-state index in [1.54, 1.807) is 43.4 Å². The summed E-state index contributed by atoms with van der Waals surface area (Å²) in [5.41, 5.74) is 2.15. The summed E-state index contributed by atoms with van der Waals surface area (Å²) in [5.74, 6) is 1.58. The molecule has 7 nitrogen and oxygen atoms in total. The summed E-state index contributed by atoms with van der Waals surface area (Å²) in [6, 6.07) is 12.5. The lowest BCUT2D eigenvalue weighted by Gasteiger charge is -2.29. The molecule has 1 N–H and O–H groups in total. The molecule has 0 radical (unpaired) electrons. The molecule has 142 valence electrons. The quantitative estimate of drug-likeness (QED) is 0.874. The van der Waals surface area contributed by atoms with Gasteiger partial charge < -0.3 is 24.4 Å². The van der Waals surface area contributed by atoms with Gasteiger partial charge in [0.2, 0.25) is 5.91 Å². The first-order valence-electron chi connectivity index (χ1n) is 8.63. The van der Waals surface area contributed by atoms with Crippen LogP contribution in [0.2, 0.25) is 0 Å². The number of nitrogens with zero attached hydrogens (tertiary/aromatic N) is 1. The van der Waals surface area contributed by atoms with E-state index in [0.717, 1.165) is 17.5 Å². The Bertz CT molecular complexity index is 823. The van der Waals surface area contributed by atoms with Crippen LogP contribution in [-0.2, 0) is 17.8 Å². The first kappa shape index (κ1) is 18.6. The lowest BCUT2D eigenvalue weighted by atomic mass is 9.98. The van der Waals surface area contributed by atoms with Crippen LogP contribution in [0.1, 0.15) is 11.1 Å². The minimum absolute atomic E-state index is 0.117. The number of hydrogen-bond donors (Lipinski definition) is 1. The Balaban J connectivity index is 1.56. The summed E-state index contributed by atoms with van der Waals surface area (Å²) in [6.07, 6.45) is 0.0639. The number of para-hydroxylation sites is 1. The van der Waals surface area contributed by atoms with E-state index in [-0.39, 0.29) is 12.5 Å². The van der Waals surface area contributed by atoms with Gasteiger partial charge in [-0.2, -0.15) is 0 Å². The molecular formula is C20H22N2O5. The molecule has 1 heterocycles. The maximum absolute atomic E-state index is 12.4. The second-order valence-corrected chi connectivity index (χ2v) is 6.10. The number of amides is 2. The fourth-order valence-corrected chi connectivity index (χ4v) is 2.99. The normalized spacial score (nSPS) is 12.7. The van der Waals surface area contributed by atoms with E-state index in [2.05, 4.69) is 5.32 Å². The number of benzene rings is 2. The summed E-state index contributed by atoms with van der Waals surface area (Å²) in [4.78, 5) is 26.0. The maximum Gasteiger partial charge on any atom is 0.413 e. The van der Waals surface area contributed by atoms with Crippen LogP contribution in [0.15, 0.2) is 42.5 Å². The van der Waals surface area contributed by atoms with Crippen LogP contribution in [0.3, 0.4) is 0 Å². The molecule has 27 heavy (non-hydrogen) atoms. The molecule has 1 aliphatic rings. The fourth-order valence-electron chi connectivity index (χ4n) is 2.99. The number of methoxy groups -OCH3 is 2. The molecule has 0 aromatic heterocycles. The Kier molecular flexibility index (Phi) is 5.80. The molecule has 0 unspecified atom stereocenters. The standard InChI is InChI=1S/C20H22N2O5/c1-25-17-10-14-8-9-22(13-15(14)11-18(17)26-2)19(23)12-21-20(24)27-16-6-4-3-5-7-16/h3-7,10-11H,8-9,12-13H2,1-2H3,(H,21,24). The highest BCUT2D eigenvalue weighted by atomic mass is 16.6. The van der Waals surface area contributed by atoms with Crippen LogP contribution in [0.4, 0.5) is 4.79 Å². The largest absolute Gasteiger partial charge is 0.493 e. The van der Waals surface area contributed by atoms with Crippen LogP contribution in [-0.4, -0.2) is 44.2 Å². The van der Waals surface area contributed by atoms with Gasteiger partial charge in [-0.05, 0) is 41.8 Å². The first-order chi connectivity index (χ1) is 13.1. The van der Waals surface area contributed by atoms with Gasteiger partial charge in [0.25, 0.3) is 0 Å². The summed E-state index contributed by atoms with van der Waals surface area (Å²) in [7, 11) is 3.18. The molecule has 0 saturated carbocycles. The van der Waals surface area contributed by atoms with Crippen LogP contribution in [0, 0.1) is 0 Å². The zero-order valence-electron chi connectivity index (χ0n) is 15.4. The number of rotatable bonds is 5. The highest BCUT2D eigenvalue weighted by Crippen LogP contribution is 2.33. The molecule has 7 heteroatoms. The van der Waals surface area contributed by atoms with Crippen molar-refractivity contribution in [3.05, 3.63) is 53.6 Å². The summed E-state index contributed by atoms with van der Waals surface area (Å²) < 4.78 is 15.8. The Morgan fingerprint density at radius 3 is 2.37 bits per heavy atom. The smallest absolute Gasteiger partial charge is 0.413 e. The van der Waals surface area contributed by atoms with E-state index in [0.29, 0.717) is 30.3 Å². The molecule has 2 aromatic rings. The summed E-state index contributed by atoms with van der Waals surface area (Å²) in [6.45, 7) is 0.926. The number of ether oxygens (including phenoxy) is 3. The van der Waals surface area contributed by atoms with Gasteiger partial charge in [0.05, 0.1) is 14.2 Å². The Morgan fingerprint density at radius 1 is 1.04 bits per heavy atom. The van der Waals surface area contributed by atoms with Gasteiger partial charge >= 0.3 is 6.09 Å². The lowest BCUT2D eigenvalue weighted by Crippen LogP contribution is -2.43. The highest BCUT2D eigenvalue weighted by Gasteiger charge is 2.23. The van der Waals surface area contributed by atoms with Gasteiger partial charge in [-0.25, -0.2) is 4.79 Å². The molecule has 3 rings (SSSR count). The van der Waals surface area contributed by atoms with Gasteiger partial charge in [-0.1, -0.05) is 18.2 Å². The van der Waals surface area contributed by atoms with Gasteiger partial charge in [-0.3, -0.25) is 4.79 Å². The van der Waals surface area contributed by atoms with Crippen molar-refractivity contribution in [3.8, 4) is 17.2 Å². The van der Waals surface area contributed by atoms with Crippen LogP contribution < -0.4 is 19.5 Å². The third-order valence-electron chi connectivity index (χ3n) is 4.41. The van der Waals surface area contributed by atoms with Crippen molar-refractivity contribution < 1.29 is 23.8 Å². The molecule has 1 aliphatic heterocycles. The van der Waals surface area contributed by atoms with E-state index in [9.17, 15) is 9.59 Å². The average Bonchev–Trinajstić information content (AvgIpc) is 2.71. The van der Waals surface area contributed by atoms with E-state index in [4.69, 9.17) is 14.2 Å². The predicted molar refractivity (Wildman–Crippen MR) is 99.1 cm³/mol.